The molecule has 32 heavy (non-hydrogen) atoms. The lowest BCUT2D eigenvalue weighted by Crippen LogP contribution is -2.43. The molecule has 4 rings (SSSR count). The Morgan fingerprint density at radius 3 is 1.91 bits per heavy atom. The van der Waals surface area contributed by atoms with Gasteiger partial charge in [0.25, 0.3) is 0 Å². The van der Waals surface area contributed by atoms with Gasteiger partial charge in [-0.05, 0) is 121 Å². The molecule has 0 aromatic carbocycles. The Balaban J connectivity index is 1.55. The van der Waals surface area contributed by atoms with Crippen LogP contribution in [0.2, 0.25) is 0 Å². The quantitative estimate of drug-likeness (QED) is 0.406. The molecule has 0 heteroatoms. The summed E-state index contributed by atoms with van der Waals surface area (Å²) < 4.78 is 0. The third-order valence-electron chi connectivity index (χ3n) is 13.4. The van der Waals surface area contributed by atoms with Crippen molar-refractivity contribution in [2.75, 3.05) is 0 Å². The molecule has 4 aliphatic rings. The lowest BCUT2D eigenvalue weighted by Gasteiger charge is -2.51. The largest absolute Gasteiger partial charge is 0.0651 e. The first-order valence-corrected chi connectivity index (χ1v) is 15.1. The summed E-state index contributed by atoms with van der Waals surface area (Å²) in [4.78, 5) is 0. The van der Waals surface area contributed by atoms with Gasteiger partial charge in [0.05, 0.1) is 0 Å². The summed E-state index contributed by atoms with van der Waals surface area (Å²) in [6.07, 6.45) is 13.6. The maximum atomic E-state index is 2.67. The van der Waals surface area contributed by atoms with Crippen molar-refractivity contribution in [1.82, 2.24) is 0 Å². The van der Waals surface area contributed by atoms with Crippen LogP contribution in [0.4, 0.5) is 0 Å². The predicted molar refractivity (Wildman–Crippen MR) is 140 cm³/mol. The number of hydrogen-bond donors (Lipinski definition) is 0. The molecule has 4 fully saturated rings. The highest BCUT2D eigenvalue weighted by Crippen LogP contribution is 2.65. The molecule has 0 bridgehead atoms. The van der Waals surface area contributed by atoms with Crippen molar-refractivity contribution in [3.63, 3.8) is 0 Å². The van der Waals surface area contributed by atoms with Crippen LogP contribution in [0.15, 0.2) is 0 Å². The predicted octanol–water partition coefficient (Wildman–Crippen LogP) is 9.73. The van der Waals surface area contributed by atoms with Gasteiger partial charge in [0.2, 0.25) is 0 Å². The Bertz CT molecular complexity index is 620. The van der Waals surface area contributed by atoms with E-state index < -0.39 is 0 Å². The number of fused-ring (bicyclic) bond motifs is 1. The molecule has 4 aliphatic carbocycles. The van der Waals surface area contributed by atoms with Crippen molar-refractivity contribution in [3.8, 4) is 0 Å². The zero-order valence-corrected chi connectivity index (χ0v) is 23.4. The van der Waals surface area contributed by atoms with E-state index in [0.717, 1.165) is 76.9 Å². The van der Waals surface area contributed by atoms with Crippen LogP contribution in [0.3, 0.4) is 0 Å². The smallest absolute Gasteiger partial charge is 0.0261 e. The molecule has 14 atom stereocenters. The monoisotopic (exact) mass is 442 g/mol. The summed E-state index contributed by atoms with van der Waals surface area (Å²) in [6.45, 7) is 23.2. The van der Waals surface area contributed by atoms with Crippen LogP contribution >= 0.6 is 0 Å². The molecule has 0 amide bonds. The van der Waals surface area contributed by atoms with Crippen LogP contribution in [0.5, 0.6) is 0 Å². The fourth-order valence-electron chi connectivity index (χ4n) is 10.5. The van der Waals surface area contributed by atoms with Crippen molar-refractivity contribution in [1.29, 1.82) is 0 Å². The molecule has 186 valence electrons. The van der Waals surface area contributed by atoms with Crippen molar-refractivity contribution < 1.29 is 0 Å². The van der Waals surface area contributed by atoms with E-state index >= 15 is 0 Å². The minimum atomic E-state index is 0.668. The minimum Gasteiger partial charge on any atom is -0.0651 e. The second-order valence-corrected chi connectivity index (χ2v) is 14.3. The maximum absolute atomic E-state index is 2.67. The lowest BCUT2D eigenvalue weighted by molar-refractivity contribution is -0.0185. The molecule has 14 unspecified atom stereocenters. The minimum absolute atomic E-state index is 0.668. The van der Waals surface area contributed by atoms with E-state index in [0.29, 0.717) is 5.41 Å². The Labute approximate surface area is 202 Å². The number of hydrogen-bond acceptors (Lipinski definition) is 0. The fraction of sp³-hybridized carbons (Fsp3) is 1.00. The third kappa shape index (κ3) is 4.15. The summed E-state index contributed by atoms with van der Waals surface area (Å²) in [5, 5.41) is 0. The van der Waals surface area contributed by atoms with Gasteiger partial charge in [-0.1, -0.05) is 81.6 Å². The molecule has 0 heterocycles. The van der Waals surface area contributed by atoms with Gasteiger partial charge in [-0.25, -0.2) is 0 Å². The maximum Gasteiger partial charge on any atom is -0.0261 e. The van der Waals surface area contributed by atoms with E-state index in [-0.39, 0.29) is 0 Å². The molecule has 0 aromatic rings. The van der Waals surface area contributed by atoms with Crippen molar-refractivity contribution >= 4 is 0 Å². The molecule has 0 radical (unpaired) electrons. The normalized spacial score (nSPS) is 56.3. The van der Waals surface area contributed by atoms with E-state index in [9.17, 15) is 0 Å². The average molecular weight is 443 g/mol. The molecule has 1 spiro atoms. The molecule has 0 aliphatic heterocycles. The molecule has 0 saturated heterocycles. The van der Waals surface area contributed by atoms with Crippen LogP contribution in [-0.4, -0.2) is 0 Å². The van der Waals surface area contributed by atoms with Gasteiger partial charge < -0.3 is 0 Å². The Hall–Kier alpha value is 0. The van der Waals surface area contributed by atoms with Crippen LogP contribution in [-0.2, 0) is 0 Å². The highest BCUT2D eigenvalue weighted by atomic mass is 14.6. The third-order valence-corrected chi connectivity index (χ3v) is 13.4. The zero-order valence-electron chi connectivity index (χ0n) is 23.4. The fourth-order valence-corrected chi connectivity index (χ4v) is 10.5. The van der Waals surface area contributed by atoms with Crippen LogP contribution in [0.25, 0.3) is 0 Å². The first kappa shape index (κ1) is 25.1. The Morgan fingerprint density at radius 1 is 0.594 bits per heavy atom. The topological polar surface area (TPSA) is 0 Å². The lowest BCUT2D eigenvalue weighted by atomic mass is 9.54. The van der Waals surface area contributed by atoms with Crippen molar-refractivity contribution in [2.45, 2.75) is 120 Å². The first-order chi connectivity index (χ1) is 15.1. The van der Waals surface area contributed by atoms with Gasteiger partial charge in [-0.3, -0.25) is 0 Å². The van der Waals surface area contributed by atoms with Gasteiger partial charge >= 0.3 is 0 Å². The Morgan fingerprint density at radius 2 is 1.25 bits per heavy atom. The van der Waals surface area contributed by atoms with Gasteiger partial charge in [0, 0.05) is 0 Å². The molecular weight excluding hydrogens is 384 g/mol. The highest BCUT2D eigenvalue weighted by molar-refractivity contribution is 5.06. The summed E-state index contributed by atoms with van der Waals surface area (Å²) in [7, 11) is 0. The SMILES string of the molecule is CCC1CC2(CC3C(C)CCC(CC4C(C)C(C)CC(CC)C4C)C3C2)C(C)C(C)C1C. The van der Waals surface area contributed by atoms with E-state index in [4.69, 9.17) is 0 Å². The number of rotatable bonds is 4. The van der Waals surface area contributed by atoms with Crippen LogP contribution in [0, 0.1) is 82.3 Å². The highest BCUT2D eigenvalue weighted by Gasteiger charge is 2.57. The van der Waals surface area contributed by atoms with E-state index in [2.05, 4.69) is 62.3 Å². The standard InChI is InChI=1S/C32H58/c1-10-26-14-20(4)21(5)29(24(26)8)15-28-13-12-19(3)30-17-32(18-31(28)30)16-27(11-2)23(7)22(6)25(32)9/h19-31H,10-18H2,1-9H3. The second-order valence-electron chi connectivity index (χ2n) is 14.3. The second kappa shape index (κ2) is 9.57. The average Bonchev–Trinajstić information content (AvgIpc) is 3.18. The van der Waals surface area contributed by atoms with Crippen molar-refractivity contribution in [2.24, 2.45) is 82.3 Å². The van der Waals surface area contributed by atoms with Gasteiger partial charge in [-0.15, -0.1) is 0 Å². The molecule has 0 aromatic heterocycles. The van der Waals surface area contributed by atoms with Gasteiger partial charge in [-0.2, -0.15) is 0 Å². The molecule has 4 saturated carbocycles. The van der Waals surface area contributed by atoms with Crippen LogP contribution < -0.4 is 0 Å². The summed E-state index contributed by atoms with van der Waals surface area (Å²) in [6, 6.07) is 0. The summed E-state index contributed by atoms with van der Waals surface area (Å²) in [5.41, 5.74) is 0.668. The van der Waals surface area contributed by atoms with E-state index in [1.165, 1.54) is 32.1 Å². The summed E-state index contributed by atoms with van der Waals surface area (Å²) in [5.74, 6) is 12.6. The summed E-state index contributed by atoms with van der Waals surface area (Å²) >= 11 is 0. The van der Waals surface area contributed by atoms with Gasteiger partial charge in [0.15, 0.2) is 0 Å². The first-order valence-electron chi connectivity index (χ1n) is 15.1. The van der Waals surface area contributed by atoms with Crippen molar-refractivity contribution in [3.05, 3.63) is 0 Å². The molecule has 0 N–H and O–H groups in total. The molecule has 0 nitrogen and oxygen atoms in total. The van der Waals surface area contributed by atoms with E-state index in [1.54, 1.807) is 25.7 Å². The zero-order chi connectivity index (χ0) is 23.4. The van der Waals surface area contributed by atoms with E-state index in [1.807, 2.05) is 0 Å². The Kier molecular flexibility index (Phi) is 7.51. The van der Waals surface area contributed by atoms with Gasteiger partial charge in [0.1, 0.15) is 0 Å². The van der Waals surface area contributed by atoms with Crippen LogP contribution in [0.1, 0.15) is 120 Å². The molecular formula is C32H58.